The maximum absolute atomic E-state index is 13.1. The minimum absolute atomic E-state index is 0.0733. The number of halogens is 4. The van der Waals surface area contributed by atoms with Gasteiger partial charge in [-0.2, -0.15) is 13.2 Å². The molecule has 0 rings (SSSR count). The van der Waals surface area contributed by atoms with E-state index in [1.165, 1.54) is 0 Å². The van der Waals surface area contributed by atoms with E-state index in [4.69, 9.17) is 5.11 Å². The molecule has 0 aliphatic heterocycles. The van der Waals surface area contributed by atoms with Gasteiger partial charge in [-0.15, -0.1) is 0 Å². The molecular formula is C9H14F4O2. The molecule has 6 heteroatoms. The van der Waals surface area contributed by atoms with Gasteiger partial charge in [0.15, 0.2) is 0 Å². The fraction of sp³-hybridized carbons (Fsp3) is 0.889. The Morgan fingerprint density at radius 1 is 1.13 bits per heavy atom. The quantitative estimate of drug-likeness (QED) is 0.561. The smallest absolute Gasteiger partial charge is 0.433 e. The number of unbranched alkanes of at least 4 members (excludes halogenated alkanes) is 3. The van der Waals surface area contributed by atoms with E-state index < -0.39 is 24.2 Å². The molecule has 0 aromatic rings. The van der Waals surface area contributed by atoms with Gasteiger partial charge in [-0.25, -0.2) is 9.18 Å². The average Bonchev–Trinajstić information content (AvgIpc) is 2.09. The Labute approximate surface area is 85.3 Å². The van der Waals surface area contributed by atoms with Gasteiger partial charge in [0.1, 0.15) is 0 Å². The van der Waals surface area contributed by atoms with Gasteiger partial charge in [0.05, 0.1) is 0 Å². The van der Waals surface area contributed by atoms with Gasteiger partial charge < -0.3 is 5.11 Å². The number of hydrogen-bond donors (Lipinski definition) is 1. The molecule has 0 radical (unpaired) electrons. The second-order valence-electron chi connectivity index (χ2n) is 3.41. The molecule has 0 fully saturated rings. The number of aliphatic carboxylic acids is 1. The third-order valence-electron chi connectivity index (χ3n) is 2.16. The predicted octanol–water partition coefficient (Wildman–Crippen LogP) is 3.31. The van der Waals surface area contributed by atoms with Gasteiger partial charge in [0.25, 0.3) is 0 Å². The highest BCUT2D eigenvalue weighted by Gasteiger charge is 2.61. The lowest BCUT2D eigenvalue weighted by atomic mass is 9.97. The molecule has 0 heterocycles. The van der Waals surface area contributed by atoms with Crippen LogP contribution >= 0.6 is 0 Å². The standard InChI is InChI=1S/C9H14F4O2/c1-2-3-4-5-6-8(10,7(14)15)9(11,12)13/h2-6H2,1H3,(H,14,15). The van der Waals surface area contributed by atoms with Gasteiger partial charge in [-0.3, -0.25) is 0 Å². The molecule has 0 spiro atoms. The first-order chi connectivity index (χ1) is 6.75. The third-order valence-corrected chi connectivity index (χ3v) is 2.16. The zero-order valence-electron chi connectivity index (χ0n) is 8.40. The molecule has 0 aliphatic rings. The molecule has 0 bridgehead atoms. The molecule has 15 heavy (non-hydrogen) atoms. The summed E-state index contributed by atoms with van der Waals surface area (Å²) in [4.78, 5) is 10.2. The highest BCUT2D eigenvalue weighted by Crippen LogP contribution is 2.38. The van der Waals surface area contributed by atoms with E-state index in [-0.39, 0.29) is 6.42 Å². The molecule has 0 amide bonds. The molecule has 0 aliphatic carbocycles. The fourth-order valence-corrected chi connectivity index (χ4v) is 1.17. The summed E-state index contributed by atoms with van der Waals surface area (Å²) in [6.07, 6.45) is -4.55. The summed E-state index contributed by atoms with van der Waals surface area (Å²) >= 11 is 0. The normalized spacial score (nSPS) is 16.1. The summed E-state index contributed by atoms with van der Waals surface area (Å²) in [5, 5.41) is 8.23. The first kappa shape index (κ1) is 14.2. The van der Waals surface area contributed by atoms with E-state index in [0.29, 0.717) is 12.8 Å². The zero-order chi connectivity index (χ0) is 12.1. The highest BCUT2D eigenvalue weighted by atomic mass is 19.4. The number of carboxylic acids is 1. The second kappa shape index (κ2) is 5.32. The van der Waals surface area contributed by atoms with Crippen LogP contribution in [0.15, 0.2) is 0 Å². The maximum atomic E-state index is 13.1. The van der Waals surface area contributed by atoms with Crippen LogP contribution in [0.3, 0.4) is 0 Å². The van der Waals surface area contributed by atoms with Crippen LogP contribution in [0.2, 0.25) is 0 Å². The van der Waals surface area contributed by atoms with E-state index in [2.05, 4.69) is 0 Å². The molecule has 0 aromatic carbocycles. The minimum atomic E-state index is -5.34. The molecule has 1 unspecified atom stereocenters. The van der Waals surface area contributed by atoms with Crippen LogP contribution in [0, 0.1) is 0 Å². The van der Waals surface area contributed by atoms with Crippen molar-refractivity contribution in [2.24, 2.45) is 0 Å². The van der Waals surface area contributed by atoms with E-state index in [1.807, 2.05) is 6.92 Å². The fourth-order valence-electron chi connectivity index (χ4n) is 1.17. The summed E-state index contributed by atoms with van der Waals surface area (Å²) in [5.41, 5.74) is -4.10. The lowest BCUT2D eigenvalue weighted by Crippen LogP contribution is -2.48. The molecule has 90 valence electrons. The van der Waals surface area contributed by atoms with Crippen molar-refractivity contribution in [2.75, 3.05) is 0 Å². The lowest BCUT2D eigenvalue weighted by Gasteiger charge is -2.23. The highest BCUT2D eigenvalue weighted by molar-refractivity contribution is 5.78. The van der Waals surface area contributed by atoms with Crippen molar-refractivity contribution in [1.82, 2.24) is 0 Å². The maximum Gasteiger partial charge on any atom is 0.433 e. The van der Waals surface area contributed by atoms with Crippen molar-refractivity contribution in [3.05, 3.63) is 0 Å². The van der Waals surface area contributed by atoms with Crippen LogP contribution in [-0.4, -0.2) is 22.9 Å². The van der Waals surface area contributed by atoms with Crippen molar-refractivity contribution >= 4 is 5.97 Å². The monoisotopic (exact) mass is 230 g/mol. The first-order valence-electron chi connectivity index (χ1n) is 4.74. The Kier molecular flexibility index (Phi) is 5.03. The van der Waals surface area contributed by atoms with E-state index in [9.17, 15) is 22.4 Å². The molecule has 1 atom stereocenters. The van der Waals surface area contributed by atoms with Crippen LogP contribution in [-0.2, 0) is 4.79 Å². The number of hydrogen-bond acceptors (Lipinski definition) is 1. The molecule has 0 saturated heterocycles. The molecule has 0 saturated carbocycles. The molecular weight excluding hydrogens is 216 g/mol. The SMILES string of the molecule is CCCCCCC(F)(C(=O)O)C(F)(F)F. The Morgan fingerprint density at radius 3 is 2.00 bits per heavy atom. The summed E-state index contributed by atoms with van der Waals surface area (Å²) in [6, 6.07) is 0. The van der Waals surface area contributed by atoms with Crippen LogP contribution in [0.25, 0.3) is 0 Å². The van der Waals surface area contributed by atoms with Gasteiger partial charge >= 0.3 is 17.8 Å². The third kappa shape index (κ3) is 3.68. The van der Waals surface area contributed by atoms with Crippen molar-refractivity contribution in [3.63, 3.8) is 0 Å². The Hall–Kier alpha value is -0.810. The number of rotatable bonds is 6. The topological polar surface area (TPSA) is 37.3 Å². The predicted molar refractivity (Wildman–Crippen MR) is 46.3 cm³/mol. The van der Waals surface area contributed by atoms with Crippen LogP contribution in [0.1, 0.15) is 39.0 Å². The Balaban J connectivity index is 4.35. The summed E-state index contributed by atoms with van der Waals surface area (Å²) in [7, 11) is 0. The van der Waals surface area contributed by atoms with Gasteiger partial charge in [-0.05, 0) is 6.42 Å². The largest absolute Gasteiger partial charge is 0.479 e. The van der Waals surface area contributed by atoms with Crippen LogP contribution in [0.4, 0.5) is 17.6 Å². The zero-order valence-corrected chi connectivity index (χ0v) is 8.40. The van der Waals surface area contributed by atoms with Gasteiger partial charge in [0.2, 0.25) is 0 Å². The van der Waals surface area contributed by atoms with Crippen LogP contribution < -0.4 is 0 Å². The Morgan fingerprint density at radius 2 is 1.67 bits per heavy atom. The molecule has 2 nitrogen and oxygen atoms in total. The van der Waals surface area contributed by atoms with E-state index in [0.717, 1.165) is 6.42 Å². The summed E-state index contributed by atoms with van der Waals surface area (Å²) in [5.74, 6) is -2.45. The lowest BCUT2D eigenvalue weighted by molar-refractivity contribution is -0.238. The van der Waals surface area contributed by atoms with E-state index in [1.54, 1.807) is 0 Å². The van der Waals surface area contributed by atoms with Crippen molar-refractivity contribution < 1.29 is 27.5 Å². The Bertz CT molecular complexity index is 215. The second-order valence-corrected chi connectivity index (χ2v) is 3.41. The first-order valence-corrected chi connectivity index (χ1v) is 4.74. The van der Waals surface area contributed by atoms with Gasteiger partial charge in [0, 0.05) is 6.42 Å². The van der Waals surface area contributed by atoms with Gasteiger partial charge in [-0.1, -0.05) is 26.2 Å². The van der Waals surface area contributed by atoms with Crippen molar-refractivity contribution in [1.29, 1.82) is 0 Å². The van der Waals surface area contributed by atoms with E-state index >= 15 is 0 Å². The number of carbonyl (C=O) groups is 1. The summed E-state index contributed by atoms with van der Waals surface area (Å²) in [6.45, 7) is 1.85. The summed E-state index contributed by atoms with van der Waals surface area (Å²) < 4.78 is 49.4. The average molecular weight is 230 g/mol. The molecule has 0 aromatic heterocycles. The van der Waals surface area contributed by atoms with Crippen molar-refractivity contribution in [3.8, 4) is 0 Å². The molecule has 1 N–H and O–H groups in total. The number of carboxylic acid groups (broad SMARTS) is 1. The van der Waals surface area contributed by atoms with Crippen molar-refractivity contribution in [2.45, 2.75) is 50.9 Å². The minimum Gasteiger partial charge on any atom is -0.479 e. The van der Waals surface area contributed by atoms with Crippen LogP contribution in [0.5, 0.6) is 0 Å². The number of alkyl halides is 4.